The standard InChI is InChI=1S/C14H15F2N3O/c1-20-14-10(3-2-6-18-14)13(19-17)8-9-4-5-11(15)12(16)7-9/h2-7,13,19H,8,17H2,1H3. The van der Waals surface area contributed by atoms with E-state index >= 15 is 0 Å². The second-order valence-electron chi connectivity index (χ2n) is 4.27. The molecule has 0 radical (unpaired) electrons. The summed E-state index contributed by atoms with van der Waals surface area (Å²) in [7, 11) is 1.51. The lowest BCUT2D eigenvalue weighted by Gasteiger charge is -2.18. The number of pyridine rings is 1. The van der Waals surface area contributed by atoms with Crippen molar-refractivity contribution in [3.05, 3.63) is 59.3 Å². The summed E-state index contributed by atoms with van der Waals surface area (Å²) < 4.78 is 31.3. The third kappa shape index (κ3) is 3.09. The van der Waals surface area contributed by atoms with E-state index in [1.807, 2.05) is 6.07 Å². The molecule has 20 heavy (non-hydrogen) atoms. The van der Waals surface area contributed by atoms with E-state index in [1.54, 1.807) is 12.3 Å². The molecule has 2 aromatic rings. The van der Waals surface area contributed by atoms with Crippen molar-refractivity contribution in [2.45, 2.75) is 12.5 Å². The highest BCUT2D eigenvalue weighted by Crippen LogP contribution is 2.25. The third-order valence-corrected chi connectivity index (χ3v) is 2.99. The summed E-state index contributed by atoms with van der Waals surface area (Å²) in [6.45, 7) is 0. The highest BCUT2D eigenvalue weighted by molar-refractivity contribution is 5.31. The molecule has 1 atom stereocenters. The highest BCUT2D eigenvalue weighted by atomic mass is 19.2. The molecule has 1 unspecified atom stereocenters. The van der Waals surface area contributed by atoms with Crippen LogP contribution in [0.15, 0.2) is 36.5 Å². The van der Waals surface area contributed by atoms with Gasteiger partial charge in [-0.1, -0.05) is 12.1 Å². The van der Waals surface area contributed by atoms with Crippen LogP contribution >= 0.6 is 0 Å². The van der Waals surface area contributed by atoms with Crippen molar-refractivity contribution in [1.82, 2.24) is 10.4 Å². The molecule has 2 rings (SSSR count). The number of hydrazine groups is 1. The first kappa shape index (κ1) is 14.4. The number of aromatic nitrogens is 1. The molecule has 6 heteroatoms. The second-order valence-corrected chi connectivity index (χ2v) is 4.27. The van der Waals surface area contributed by atoms with Crippen molar-refractivity contribution < 1.29 is 13.5 Å². The van der Waals surface area contributed by atoms with Crippen LogP contribution in [0.25, 0.3) is 0 Å². The van der Waals surface area contributed by atoms with Gasteiger partial charge in [-0.25, -0.2) is 13.8 Å². The lowest BCUT2D eigenvalue weighted by molar-refractivity contribution is 0.382. The normalized spacial score (nSPS) is 12.2. The number of halogens is 2. The minimum absolute atomic E-state index is 0.316. The van der Waals surface area contributed by atoms with Crippen molar-refractivity contribution >= 4 is 0 Å². The van der Waals surface area contributed by atoms with Gasteiger partial charge in [-0.05, 0) is 30.2 Å². The Bertz CT molecular complexity index is 592. The Kier molecular flexibility index (Phi) is 4.60. The Labute approximate surface area is 115 Å². The molecule has 0 aliphatic heterocycles. The monoisotopic (exact) mass is 279 g/mol. The van der Waals surface area contributed by atoms with E-state index in [9.17, 15) is 8.78 Å². The van der Waals surface area contributed by atoms with E-state index in [1.165, 1.54) is 13.2 Å². The Balaban J connectivity index is 2.26. The maximum atomic E-state index is 13.2. The number of nitrogens with zero attached hydrogens (tertiary/aromatic N) is 1. The predicted octanol–water partition coefficient (Wildman–Crippen LogP) is 2.12. The summed E-state index contributed by atoms with van der Waals surface area (Å²) in [6, 6.07) is 7.03. The van der Waals surface area contributed by atoms with Crippen LogP contribution in [0.3, 0.4) is 0 Å². The molecule has 0 saturated heterocycles. The zero-order valence-corrected chi connectivity index (χ0v) is 10.9. The van der Waals surface area contributed by atoms with Gasteiger partial charge in [0.1, 0.15) is 0 Å². The summed E-state index contributed by atoms with van der Waals surface area (Å²) in [5, 5.41) is 0. The second kappa shape index (κ2) is 6.40. The van der Waals surface area contributed by atoms with E-state index in [2.05, 4.69) is 10.4 Å². The summed E-state index contributed by atoms with van der Waals surface area (Å²) in [5.41, 5.74) is 4.01. The average molecular weight is 279 g/mol. The fourth-order valence-electron chi connectivity index (χ4n) is 2.00. The molecule has 1 aromatic carbocycles. The van der Waals surface area contributed by atoms with Gasteiger partial charge in [0.25, 0.3) is 0 Å². The minimum Gasteiger partial charge on any atom is -0.481 e. The summed E-state index contributed by atoms with van der Waals surface area (Å²) in [5.74, 6) is 4.24. The Morgan fingerprint density at radius 3 is 2.75 bits per heavy atom. The molecule has 0 amide bonds. The summed E-state index contributed by atoms with van der Waals surface area (Å²) in [4.78, 5) is 4.09. The van der Waals surface area contributed by atoms with Gasteiger partial charge < -0.3 is 4.74 Å². The molecule has 1 aromatic heterocycles. The topological polar surface area (TPSA) is 60.2 Å². The molecular weight excluding hydrogens is 264 g/mol. The molecule has 0 saturated carbocycles. The number of benzene rings is 1. The molecule has 0 spiro atoms. The van der Waals surface area contributed by atoms with Crippen molar-refractivity contribution in [1.29, 1.82) is 0 Å². The smallest absolute Gasteiger partial charge is 0.217 e. The maximum Gasteiger partial charge on any atom is 0.217 e. The fourth-order valence-corrected chi connectivity index (χ4v) is 2.00. The average Bonchev–Trinajstić information content (AvgIpc) is 2.48. The van der Waals surface area contributed by atoms with Gasteiger partial charge >= 0.3 is 0 Å². The van der Waals surface area contributed by atoms with Crippen LogP contribution < -0.4 is 16.0 Å². The zero-order valence-electron chi connectivity index (χ0n) is 10.9. The Hall–Kier alpha value is -2.05. The first-order chi connectivity index (χ1) is 9.65. The van der Waals surface area contributed by atoms with E-state index in [-0.39, 0.29) is 6.04 Å². The molecular formula is C14H15F2N3O. The van der Waals surface area contributed by atoms with Crippen molar-refractivity contribution in [3.8, 4) is 5.88 Å². The Morgan fingerprint density at radius 2 is 2.10 bits per heavy atom. The van der Waals surface area contributed by atoms with E-state index in [4.69, 9.17) is 10.6 Å². The first-order valence-electron chi connectivity index (χ1n) is 6.04. The number of nitrogens with two attached hydrogens (primary N) is 1. The molecule has 0 aliphatic rings. The first-order valence-corrected chi connectivity index (χ1v) is 6.04. The largest absolute Gasteiger partial charge is 0.481 e. The van der Waals surface area contributed by atoms with Crippen LogP contribution in [0.4, 0.5) is 8.78 Å². The molecule has 3 N–H and O–H groups in total. The number of hydrogen-bond acceptors (Lipinski definition) is 4. The van der Waals surface area contributed by atoms with Crippen LogP contribution in [0, 0.1) is 11.6 Å². The fraction of sp³-hybridized carbons (Fsp3) is 0.214. The molecule has 106 valence electrons. The summed E-state index contributed by atoms with van der Waals surface area (Å²) >= 11 is 0. The summed E-state index contributed by atoms with van der Waals surface area (Å²) in [6.07, 6.45) is 1.99. The van der Waals surface area contributed by atoms with Crippen LogP contribution in [-0.2, 0) is 6.42 Å². The molecule has 0 aliphatic carbocycles. The molecule has 0 fully saturated rings. The lowest BCUT2D eigenvalue weighted by atomic mass is 10.00. The lowest BCUT2D eigenvalue weighted by Crippen LogP contribution is -2.30. The van der Waals surface area contributed by atoms with E-state index in [0.29, 0.717) is 17.9 Å². The molecule has 4 nitrogen and oxygen atoms in total. The third-order valence-electron chi connectivity index (χ3n) is 2.99. The van der Waals surface area contributed by atoms with E-state index in [0.717, 1.165) is 17.7 Å². The number of nitrogens with one attached hydrogen (secondary N) is 1. The van der Waals surface area contributed by atoms with Gasteiger partial charge in [-0.15, -0.1) is 0 Å². The van der Waals surface area contributed by atoms with Crippen molar-refractivity contribution in [2.75, 3.05) is 7.11 Å². The Morgan fingerprint density at radius 1 is 1.30 bits per heavy atom. The zero-order chi connectivity index (χ0) is 14.5. The number of hydrogen-bond donors (Lipinski definition) is 2. The van der Waals surface area contributed by atoms with Crippen LogP contribution in [0.5, 0.6) is 5.88 Å². The van der Waals surface area contributed by atoms with Crippen molar-refractivity contribution in [3.63, 3.8) is 0 Å². The number of methoxy groups -OCH3 is 1. The quantitative estimate of drug-likeness (QED) is 0.650. The van der Waals surface area contributed by atoms with Gasteiger partial charge in [0.2, 0.25) is 5.88 Å². The van der Waals surface area contributed by atoms with Crippen molar-refractivity contribution in [2.24, 2.45) is 5.84 Å². The highest BCUT2D eigenvalue weighted by Gasteiger charge is 2.16. The van der Waals surface area contributed by atoms with Gasteiger partial charge in [-0.2, -0.15) is 0 Å². The van der Waals surface area contributed by atoms with Crippen LogP contribution in [0.1, 0.15) is 17.2 Å². The van der Waals surface area contributed by atoms with Gasteiger partial charge in [-0.3, -0.25) is 11.3 Å². The van der Waals surface area contributed by atoms with Gasteiger partial charge in [0.15, 0.2) is 11.6 Å². The molecule has 1 heterocycles. The minimum atomic E-state index is -0.878. The maximum absolute atomic E-state index is 13.2. The van der Waals surface area contributed by atoms with Crippen LogP contribution in [0.2, 0.25) is 0 Å². The van der Waals surface area contributed by atoms with Gasteiger partial charge in [0.05, 0.1) is 13.2 Å². The van der Waals surface area contributed by atoms with E-state index < -0.39 is 11.6 Å². The number of ether oxygens (including phenoxy) is 1. The number of rotatable bonds is 5. The van der Waals surface area contributed by atoms with Gasteiger partial charge in [0, 0.05) is 11.8 Å². The SMILES string of the molecule is COc1ncccc1C(Cc1ccc(F)c(F)c1)NN. The van der Waals surface area contributed by atoms with Crippen LogP contribution in [-0.4, -0.2) is 12.1 Å². The predicted molar refractivity (Wildman–Crippen MR) is 70.9 cm³/mol. The molecule has 0 bridgehead atoms.